The molecule has 0 aromatic rings. The SMILES string of the molecule is C=CCC(CNN(C)C)C(=O)O.O=S(=O)(O)O. The quantitative estimate of drug-likeness (QED) is 0.294. The van der Waals surface area contributed by atoms with Crippen LogP contribution in [0.15, 0.2) is 12.7 Å². The third kappa shape index (κ3) is 21.0. The Hall–Kier alpha value is -1.00. The van der Waals surface area contributed by atoms with E-state index >= 15 is 0 Å². The van der Waals surface area contributed by atoms with E-state index in [1.807, 2.05) is 14.1 Å². The van der Waals surface area contributed by atoms with Gasteiger partial charge in [0.15, 0.2) is 0 Å². The van der Waals surface area contributed by atoms with Crippen molar-refractivity contribution in [3.8, 4) is 0 Å². The molecule has 8 nitrogen and oxygen atoms in total. The van der Waals surface area contributed by atoms with Crippen LogP contribution in [0.5, 0.6) is 0 Å². The number of hydrazine groups is 1. The van der Waals surface area contributed by atoms with Gasteiger partial charge in [-0.05, 0) is 6.42 Å². The van der Waals surface area contributed by atoms with Crippen molar-refractivity contribution >= 4 is 16.4 Å². The van der Waals surface area contributed by atoms with Crippen molar-refractivity contribution in [3.63, 3.8) is 0 Å². The number of allylic oxidation sites excluding steroid dienone is 1. The van der Waals surface area contributed by atoms with Gasteiger partial charge in [0.05, 0.1) is 5.92 Å². The molecule has 102 valence electrons. The topological polar surface area (TPSA) is 127 Å². The van der Waals surface area contributed by atoms with Gasteiger partial charge in [0.25, 0.3) is 0 Å². The molecule has 0 bridgehead atoms. The molecule has 0 aliphatic carbocycles. The maximum atomic E-state index is 10.6. The fourth-order valence-electron chi connectivity index (χ4n) is 0.765. The average molecular weight is 270 g/mol. The highest BCUT2D eigenvalue weighted by Crippen LogP contribution is 2.01. The zero-order valence-electron chi connectivity index (χ0n) is 9.70. The molecule has 9 heteroatoms. The molecule has 1 atom stereocenters. The largest absolute Gasteiger partial charge is 0.481 e. The third-order valence-corrected chi connectivity index (χ3v) is 1.45. The van der Waals surface area contributed by atoms with Crippen LogP contribution in [0, 0.1) is 5.92 Å². The lowest BCUT2D eigenvalue weighted by molar-refractivity contribution is -0.141. The lowest BCUT2D eigenvalue weighted by Gasteiger charge is -2.15. The summed E-state index contributed by atoms with van der Waals surface area (Å²) >= 11 is 0. The minimum absolute atomic E-state index is 0.384. The zero-order valence-corrected chi connectivity index (χ0v) is 10.5. The first kappa shape index (κ1) is 18.4. The monoisotopic (exact) mass is 270 g/mol. The van der Waals surface area contributed by atoms with Gasteiger partial charge in [-0.3, -0.25) is 24.3 Å². The summed E-state index contributed by atoms with van der Waals surface area (Å²) < 4.78 is 31.6. The smallest absolute Gasteiger partial charge is 0.394 e. The van der Waals surface area contributed by atoms with Crippen molar-refractivity contribution in [1.82, 2.24) is 10.4 Å². The Balaban J connectivity index is 0. The summed E-state index contributed by atoms with van der Waals surface area (Å²) in [6.07, 6.45) is 2.12. The molecular formula is C8H18N2O6S. The Morgan fingerprint density at radius 1 is 1.47 bits per heavy atom. The third-order valence-electron chi connectivity index (χ3n) is 1.45. The first-order valence-electron chi connectivity index (χ1n) is 4.52. The van der Waals surface area contributed by atoms with Gasteiger partial charge in [-0.1, -0.05) is 6.08 Å². The molecule has 0 radical (unpaired) electrons. The number of carbonyl (C=O) groups is 1. The number of nitrogens with one attached hydrogen (secondary N) is 1. The van der Waals surface area contributed by atoms with Gasteiger partial charge in [0.1, 0.15) is 0 Å². The Morgan fingerprint density at radius 2 is 1.88 bits per heavy atom. The number of hydrogen-bond acceptors (Lipinski definition) is 5. The Morgan fingerprint density at radius 3 is 2.12 bits per heavy atom. The second-order valence-electron chi connectivity index (χ2n) is 3.26. The highest BCUT2D eigenvalue weighted by atomic mass is 32.3. The van der Waals surface area contributed by atoms with E-state index < -0.39 is 16.4 Å². The Bertz CT molecular complexity index is 319. The molecule has 0 saturated heterocycles. The number of rotatable bonds is 6. The van der Waals surface area contributed by atoms with Gasteiger partial charge >= 0.3 is 16.4 Å². The van der Waals surface area contributed by atoms with Crippen LogP contribution < -0.4 is 5.43 Å². The second-order valence-corrected chi connectivity index (χ2v) is 4.16. The standard InChI is InChI=1S/C8H16N2O2.H2O4S/c1-4-5-7(8(11)12)6-9-10(2)3;1-5(2,3)4/h4,7,9H,1,5-6H2,2-3H3,(H,11,12);(H2,1,2,3,4). The van der Waals surface area contributed by atoms with Gasteiger partial charge in [-0.15, -0.1) is 6.58 Å². The number of nitrogens with zero attached hydrogens (tertiary/aromatic N) is 1. The van der Waals surface area contributed by atoms with E-state index in [0.29, 0.717) is 13.0 Å². The van der Waals surface area contributed by atoms with Crippen molar-refractivity contribution in [3.05, 3.63) is 12.7 Å². The summed E-state index contributed by atoms with van der Waals surface area (Å²) in [4.78, 5) is 10.6. The molecule has 0 fully saturated rings. The molecule has 0 aliphatic heterocycles. The lowest BCUT2D eigenvalue weighted by atomic mass is 10.1. The van der Waals surface area contributed by atoms with Crippen molar-refractivity contribution < 1.29 is 27.4 Å². The summed E-state index contributed by atoms with van der Waals surface area (Å²) in [7, 11) is -1.01. The summed E-state index contributed by atoms with van der Waals surface area (Å²) in [5.74, 6) is -1.17. The molecular weight excluding hydrogens is 252 g/mol. The van der Waals surface area contributed by atoms with Crippen LogP contribution in [0.4, 0.5) is 0 Å². The summed E-state index contributed by atoms with van der Waals surface area (Å²) in [6, 6.07) is 0. The molecule has 0 aromatic carbocycles. The predicted molar refractivity (Wildman–Crippen MR) is 61.8 cm³/mol. The summed E-state index contributed by atoms with van der Waals surface area (Å²) in [5.41, 5.74) is 2.92. The highest BCUT2D eigenvalue weighted by Gasteiger charge is 2.14. The molecule has 0 aromatic heterocycles. The van der Waals surface area contributed by atoms with E-state index in [2.05, 4.69) is 12.0 Å². The Labute approximate surface area is 100 Å². The van der Waals surface area contributed by atoms with Crippen LogP contribution in [-0.2, 0) is 15.2 Å². The van der Waals surface area contributed by atoms with Gasteiger partial charge in [0.2, 0.25) is 0 Å². The van der Waals surface area contributed by atoms with Crippen LogP contribution >= 0.6 is 0 Å². The first-order chi connectivity index (χ1) is 7.57. The Kier molecular flexibility index (Phi) is 9.80. The maximum Gasteiger partial charge on any atom is 0.394 e. The molecule has 1 unspecified atom stereocenters. The van der Waals surface area contributed by atoms with Crippen LogP contribution in [0.25, 0.3) is 0 Å². The second kappa shape index (κ2) is 9.07. The fourth-order valence-corrected chi connectivity index (χ4v) is 0.765. The van der Waals surface area contributed by atoms with Crippen molar-refractivity contribution in [2.45, 2.75) is 6.42 Å². The minimum atomic E-state index is -4.67. The predicted octanol–water partition coefficient (Wildman–Crippen LogP) is -0.323. The molecule has 4 N–H and O–H groups in total. The number of carboxylic acid groups (broad SMARTS) is 1. The number of aliphatic carboxylic acids is 1. The summed E-state index contributed by atoms with van der Waals surface area (Å²) in [6.45, 7) is 3.94. The first-order valence-corrected chi connectivity index (χ1v) is 5.92. The zero-order chi connectivity index (χ0) is 14.1. The van der Waals surface area contributed by atoms with Crippen LogP contribution in [-0.4, -0.2) is 54.2 Å². The van der Waals surface area contributed by atoms with Crippen molar-refractivity contribution in [2.24, 2.45) is 5.92 Å². The molecule has 0 spiro atoms. The van der Waals surface area contributed by atoms with Gasteiger partial charge in [-0.25, -0.2) is 0 Å². The molecule has 0 rings (SSSR count). The molecule has 17 heavy (non-hydrogen) atoms. The minimum Gasteiger partial charge on any atom is -0.481 e. The number of carboxylic acids is 1. The fraction of sp³-hybridized carbons (Fsp3) is 0.625. The van der Waals surface area contributed by atoms with Gasteiger partial charge < -0.3 is 5.11 Å². The van der Waals surface area contributed by atoms with Crippen molar-refractivity contribution in [1.29, 1.82) is 0 Å². The molecule has 0 amide bonds. The van der Waals surface area contributed by atoms with Crippen molar-refractivity contribution in [2.75, 3.05) is 20.6 Å². The molecule has 0 saturated carbocycles. The van der Waals surface area contributed by atoms with E-state index in [0.717, 1.165) is 0 Å². The van der Waals surface area contributed by atoms with E-state index in [4.69, 9.17) is 22.6 Å². The summed E-state index contributed by atoms with van der Waals surface area (Å²) in [5, 5.41) is 10.4. The molecule has 0 aliphatic rings. The van der Waals surface area contributed by atoms with Crippen LogP contribution in [0.1, 0.15) is 6.42 Å². The average Bonchev–Trinajstić information content (AvgIpc) is 2.08. The van der Waals surface area contributed by atoms with Gasteiger partial charge in [0, 0.05) is 20.6 Å². The highest BCUT2D eigenvalue weighted by molar-refractivity contribution is 7.79. The maximum absolute atomic E-state index is 10.6. The lowest BCUT2D eigenvalue weighted by Crippen LogP contribution is -2.37. The number of hydrogen-bond donors (Lipinski definition) is 4. The van der Waals surface area contributed by atoms with E-state index in [-0.39, 0.29) is 5.92 Å². The van der Waals surface area contributed by atoms with E-state index in [9.17, 15) is 4.79 Å². The van der Waals surface area contributed by atoms with E-state index in [1.54, 1.807) is 11.1 Å². The normalized spacial score (nSPS) is 12.5. The van der Waals surface area contributed by atoms with Crippen LogP contribution in [0.3, 0.4) is 0 Å². The van der Waals surface area contributed by atoms with E-state index in [1.165, 1.54) is 0 Å². The molecule has 0 heterocycles. The van der Waals surface area contributed by atoms with Crippen LogP contribution in [0.2, 0.25) is 0 Å². The van der Waals surface area contributed by atoms with Gasteiger partial charge in [-0.2, -0.15) is 8.42 Å².